The number of hydrogen-bond donors (Lipinski definition) is 2. The van der Waals surface area contributed by atoms with Gasteiger partial charge in [0.05, 0.1) is 16.4 Å². The third-order valence-electron chi connectivity index (χ3n) is 4.85. The van der Waals surface area contributed by atoms with Crippen LogP contribution in [0.25, 0.3) is 6.08 Å². The molecule has 0 saturated heterocycles. The molecule has 2 aromatic carbocycles. The Kier molecular flexibility index (Phi) is 7.74. The largest absolute Gasteiger partial charge is 0.397 e. The fraction of sp³-hybridized carbons (Fsp3) is 0.250. The molecule has 3 rings (SSSR count). The van der Waals surface area contributed by atoms with Gasteiger partial charge in [0.1, 0.15) is 6.04 Å². The van der Waals surface area contributed by atoms with Crippen molar-refractivity contribution in [2.45, 2.75) is 19.9 Å². The molecule has 1 amide bonds. The van der Waals surface area contributed by atoms with Crippen LogP contribution in [0.4, 0.5) is 17.1 Å². The highest BCUT2D eigenvalue weighted by Crippen LogP contribution is 2.22. The van der Waals surface area contributed by atoms with Crippen molar-refractivity contribution in [1.29, 1.82) is 0 Å². The Bertz CT molecular complexity index is 946. The fourth-order valence-electron chi connectivity index (χ4n) is 3.13. The van der Waals surface area contributed by atoms with E-state index >= 15 is 0 Å². The maximum Gasteiger partial charge on any atom is 0.250 e. The Hall–Kier alpha value is -2.99. The Morgan fingerprint density at radius 2 is 1.83 bits per heavy atom. The van der Waals surface area contributed by atoms with Crippen molar-refractivity contribution in [1.82, 2.24) is 0 Å². The molecule has 1 atom stereocenters. The number of thioether (sulfide) groups is 1. The third kappa shape index (κ3) is 5.76. The second-order valence-corrected chi connectivity index (χ2v) is 7.89. The van der Waals surface area contributed by atoms with Crippen LogP contribution >= 0.6 is 11.8 Å². The van der Waals surface area contributed by atoms with Gasteiger partial charge in [-0.15, -0.1) is 11.8 Å². The number of nitrogens with zero attached hydrogens (tertiary/aromatic N) is 2. The Morgan fingerprint density at radius 1 is 1.13 bits per heavy atom. The number of nitrogens with one attached hydrogen (secondary N) is 1. The van der Waals surface area contributed by atoms with Gasteiger partial charge in [-0.25, -0.2) is 0 Å². The summed E-state index contributed by atoms with van der Waals surface area (Å²) in [7, 11) is 0. The highest BCUT2D eigenvalue weighted by molar-refractivity contribution is 8.14. The summed E-state index contributed by atoms with van der Waals surface area (Å²) in [6.07, 6.45) is 7.95. The number of amides is 1. The molecule has 6 heteroatoms. The summed E-state index contributed by atoms with van der Waals surface area (Å²) in [6, 6.07) is 15.4. The predicted molar refractivity (Wildman–Crippen MR) is 131 cm³/mol. The number of allylic oxidation sites excluding steroid dienone is 2. The van der Waals surface area contributed by atoms with Gasteiger partial charge in [-0.05, 0) is 49.8 Å². The van der Waals surface area contributed by atoms with Gasteiger partial charge >= 0.3 is 0 Å². The molecule has 2 aromatic rings. The van der Waals surface area contributed by atoms with E-state index in [4.69, 9.17) is 5.73 Å². The van der Waals surface area contributed by atoms with E-state index in [1.807, 2.05) is 30.4 Å². The lowest BCUT2D eigenvalue weighted by Gasteiger charge is -2.20. The number of carbonyl (C=O) groups excluding carboxylic acids is 1. The van der Waals surface area contributed by atoms with E-state index in [9.17, 15) is 4.79 Å². The molecule has 0 spiro atoms. The van der Waals surface area contributed by atoms with Crippen LogP contribution in [0.2, 0.25) is 0 Å². The van der Waals surface area contributed by atoms with E-state index < -0.39 is 6.04 Å². The average molecular weight is 421 g/mol. The van der Waals surface area contributed by atoms with Crippen LogP contribution in [-0.4, -0.2) is 35.8 Å². The number of hydrogen-bond acceptors (Lipinski definition) is 5. The summed E-state index contributed by atoms with van der Waals surface area (Å²) in [5.74, 6) is 0.502. The number of aliphatic imine (C=N–C) groups is 1. The highest BCUT2D eigenvalue weighted by atomic mass is 32.2. The first-order valence-electron chi connectivity index (χ1n) is 10.2. The van der Waals surface area contributed by atoms with Gasteiger partial charge in [0, 0.05) is 24.5 Å². The van der Waals surface area contributed by atoms with Crippen LogP contribution in [0.1, 0.15) is 19.4 Å². The molecular formula is C24H28N4OS. The van der Waals surface area contributed by atoms with Crippen molar-refractivity contribution >= 4 is 45.9 Å². The van der Waals surface area contributed by atoms with Gasteiger partial charge in [0.25, 0.3) is 0 Å². The van der Waals surface area contributed by atoms with Crippen LogP contribution in [-0.2, 0) is 4.79 Å². The molecule has 1 aliphatic heterocycles. The monoisotopic (exact) mass is 420 g/mol. The van der Waals surface area contributed by atoms with Gasteiger partial charge in [-0.3, -0.25) is 9.79 Å². The molecule has 30 heavy (non-hydrogen) atoms. The zero-order valence-corrected chi connectivity index (χ0v) is 18.2. The number of benzene rings is 2. The minimum absolute atomic E-state index is 0.132. The summed E-state index contributed by atoms with van der Waals surface area (Å²) in [6.45, 7) is 6.34. The SMILES string of the molecule is CCN(CC)c1ccc(/C=C/C=C/C2=NC(C(=O)Nc3ccccc3N)CS2)cc1. The van der Waals surface area contributed by atoms with E-state index in [0.717, 1.165) is 23.7 Å². The molecule has 1 heterocycles. The predicted octanol–water partition coefficient (Wildman–Crippen LogP) is 4.84. The van der Waals surface area contributed by atoms with E-state index in [1.54, 1.807) is 23.9 Å². The van der Waals surface area contributed by atoms with E-state index in [2.05, 4.69) is 59.4 Å². The molecule has 1 unspecified atom stereocenters. The van der Waals surface area contributed by atoms with Crippen molar-refractivity contribution in [2.24, 2.45) is 4.99 Å². The van der Waals surface area contributed by atoms with Gasteiger partial charge in [-0.1, -0.05) is 42.5 Å². The van der Waals surface area contributed by atoms with Crippen LogP contribution < -0.4 is 16.0 Å². The van der Waals surface area contributed by atoms with Crippen molar-refractivity contribution in [2.75, 3.05) is 34.8 Å². The highest BCUT2D eigenvalue weighted by Gasteiger charge is 2.24. The first-order chi connectivity index (χ1) is 14.6. The lowest BCUT2D eigenvalue weighted by Crippen LogP contribution is -2.26. The molecule has 3 N–H and O–H groups in total. The summed E-state index contributed by atoms with van der Waals surface area (Å²) in [5, 5.41) is 3.72. The topological polar surface area (TPSA) is 70.7 Å². The van der Waals surface area contributed by atoms with Crippen LogP contribution in [0.5, 0.6) is 0 Å². The summed E-state index contributed by atoms with van der Waals surface area (Å²) in [5.41, 5.74) is 9.45. The van der Waals surface area contributed by atoms with Crippen LogP contribution in [0.3, 0.4) is 0 Å². The van der Waals surface area contributed by atoms with Crippen molar-refractivity contribution in [3.05, 3.63) is 72.3 Å². The molecule has 0 fully saturated rings. The molecule has 0 bridgehead atoms. The second kappa shape index (κ2) is 10.7. The molecule has 0 aromatic heterocycles. The minimum Gasteiger partial charge on any atom is -0.397 e. The van der Waals surface area contributed by atoms with Gasteiger partial charge in [0.2, 0.25) is 5.91 Å². The fourth-order valence-corrected chi connectivity index (χ4v) is 4.07. The quantitative estimate of drug-likeness (QED) is 0.474. The first kappa shape index (κ1) is 21.7. The minimum atomic E-state index is -0.397. The van der Waals surface area contributed by atoms with Gasteiger partial charge < -0.3 is 16.0 Å². The van der Waals surface area contributed by atoms with Gasteiger partial charge in [0.15, 0.2) is 0 Å². The van der Waals surface area contributed by atoms with Gasteiger partial charge in [-0.2, -0.15) is 0 Å². The molecule has 0 saturated carbocycles. The maximum atomic E-state index is 12.4. The number of para-hydroxylation sites is 2. The molecular weight excluding hydrogens is 392 g/mol. The van der Waals surface area contributed by atoms with Crippen molar-refractivity contribution in [3.8, 4) is 0 Å². The van der Waals surface area contributed by atoms with E-state index in [0.29, 0.717) is 17.1 Å². The molecule has 156 valence electrons. The average Bonchev–Trinajstić information content (AvgIpc) is 3.24. The lowest BCUT2D eigenvalue weighted by atomic mass is 10.2. The second-order valence-electron chi connectivity index (χ2n) is 6.85. The molecule has 5 nitrogen and oxygen atoms in total. The number of nitrogen functional groups attached to an aromatic ring is 1. The molecule has 0 radical (unpaired) electrons. The van der Waals surface area contributed by atoms with Crippen LogP contribution in [0.15, 0.2) is 71.8 Å². The number of carbonyl (C=O) groups is 1. The normalized spacial score (nSPS) is 16.2. The number of nitrogens with two attached hydrogens (primary N) is 1. The smallest absolute Gasteiger partial charge is 0.250 e. The van der Waals surface area contributed by atoms with Crippen molar-refractivity contribution in [3.63, 3.8) is 0 Å². The molecule has 0 aliphatic carbocycles. The Balaban J connectivity index is 1.54. The third-order valence-corrected chi connectivity index (χ3v) is 5.87. The standard InChI is InChI=1S/C24H28N4OS/c1-3-28(4-2)19-15-13-18(14-16-19)9-5-8-12-23-26-22(17-30-23)24(29)27-21-11-7-6-10-20(21)25/h5-16,22H,3-4,17,25H2,1-2H3,(H,27,29)/b9-5+,12-8+. The summed E-state index contributed by atoms with van der Waals surface area (Å²) in [4.78, 5) is 19.2. The first-order valence-corrected chi connectivity index (χ1v) is 11.1. The Morgan fingerprint density at radius 3 is 2.53 bits per heavy atom. The number of anilines is 3. The zero-order valence-electron chi connectivity index (χ0n) is 17.4. The Labute approximate surface area is 182 Å². The number of rotatable bonds is 8. The maximum absolute atomic E-state index is 12.4. The van der Waals surface area contributed by atoms with Crippen molar-refractivity contribution < 1.29 is 4.79 Å². The molecule has 1 aliphatic rings. The van der Waals surface area contributed by atoms with E-state index in [1.165, 1.54) is 5.69 Å². The zero-order chi connectivity index (χ0) is 21.3. The van der Waals surface area contributed by atoms with Crippen LogP contribution in [0, 0.1) is 0 Å². The summed E-state index contributed by atoms with van der Waals surface area (Å²) < 4.78 is 0. The van der Waals surface area contributed by atoms with E-state index in [-0.39, 0.29) is 5.91 Å². The summed E-state index contributed by atoms with van der Waals surface area (Å²) >= 11 is 1.58. The lowest BCUT2D eigenvalue weighted by molar-refractivity contribution is -0.116.